The van der Waals surface area contributed by atoms with Gasteiger partial charge in [0.2, 0.25) is 0 Å². The van der Waals surface area contributed by atoms with E-state index in [0.29, 0.717) is 0 Å². The number of alkyl halides is 2. The van der Waals surface area contributed by atoms with Crippen molar-refractivity contribution in [2.24, 2.45) is 0 Å². The van der Waals surface area contributed by atoms with Crippen LogP contribution in [0.5, 0.6) is 0 Å². The second kappa shape index (κ2) is 14.7. The molecule has 0 radical (unpaired) electrons. The van der Waals surface area contributed by atoms with Crippen molar-refractivity contribution in [2.75, 3.05) is 0 Å². The van der Waals surface area contributed by atoms with E-state index >= 15 is 0 Å². The highest BCUT2D eigenvalue weighted by Gasteiger charge is 2.23. The fraction of sp³-hybridized carbons (Fsp3) is 0.571. The number of hydrogen-bond donors (Lipinski definition) is 0. The first kappa shape index (κ1) is 26.9. The number of hydrogen-bond acceptors (Lipinski definition) is 0. The fourth-order valence-corrected chi connectivity index (χ4v) is 8.20. The van der Waals surface area contributed by atoms with Crippen molar-refractivity contribution in [1.29, 1.82) is 0 Å². The smallest absolute Gasteiger partial charge is 0.0806 e. The molecule has 0 saturated carbocycles. The Labute approximate surface area is 209 Å². The number of benzene rings is 2. The van der Waals surface area contributed by atoms with Crippen molar-refractivity contribution in [3.8, 4) is 11.1 Å². The van der Waals surface area contributed by atoms with Crippen LogP contribution in [0.4, 0.5) is 0 Å². The molecule has 0 aliphatic rings. The summed E-state index contributed by atoms with van der Waals surface area (Å²) in [6, 6.07) is 17.5. The van der Waals surface area contributed by atoms with E-state index in [4.69, 9.17) is 0 Å². The van der Waals surface area contributed by atoms with Gasteiger partial charge in [-0.25, -0.2) is 0 Å². The third-order valence-electron chi connectivity index (χ3n) is 6.66. The number of rotatable bonds is 15. The summed E-state index contributed by atoms with van der Waals surface area (Å²) in [6.07, 6.45) is 14.2. The van der Waals surface area contributed by atoms with Gasteiger partial charge in [-0.15, -0.1) is 0 Å². The van der Waals surface area contributed by atoms with Crippen LogP contribution < -0.4 is 5.19 Å². The molecule has 0 nitrogen and oxygen atoms in total. The van der Waals surface area contributed by atoms with Crippen LogP contribution >= 0.6 is 31.9 Å². The summed E-state index contributed by atoms with van der Waals surface area (Å²) >= 11 is 7.37. The monoisotopic (exact) mass is 564 g/mol. The van der Waals surface area contributed by atoms with E-state index in [1.54, 1.807) is 5.19 Å². The highest BCUT2D eigenvalue weighted by molar-refractivity contribution is 9.09. The molecule has 0 saturated heterocycles. The average Bonchev–Trinajstić information content (AvgIpc) is 2.79. The average molecular weight is 567 g/mol. The third kappa shape index (κ3) is 8.82. The third-order valence-corrected chi connectivity index (χ3v) is 11.3. The Hall–Kier alpha value is -0.383. The molecule has 2 rings (SSSR count). The van der Waals surface area contributed by atoms with Crippen molar-refractivity contribution in [3.05, 3.63) is 53.6 Å². The molecule has 0 aromatic heterocycles. The molecule has 0 fully saturated rings. The summed E-state index contributed by atoms with van der Waals surface area (Å²) in [5.41, 5.74) is 5.53. The van der Waals surface area contributed by atoms with E-state index in [1.165, 1.54) is 92.5 Å². The van der Waals surface area contributed by atoms with Gasteiger partial charge in [-0.3, -0.25) is 0 Å². The summed E-state index contributed by atoms with van der Waals surface area (Å²) < 4.78 is 0. The van der Waals surface area contributed by atoms with E-state index < -0.39 is 8.07 Å². The number of unbranched alkanes of at least 4 members (excludes halogenated alkanes) is 9. The Morgan fingerprint density at radius 3 is 1.94 bits per heavy atom. The van der Waals surface area contributed by atoms with Gasteiger partial charge in [0.25, 0.3) is 0 Å². The summed E-state index contributed by atoms with van der Waals surface area (Å²) in [5, 5.41) is 3.40. The van der Waals surface area contributed by atoms with Crippen LogP contribution in [0.15, 0.2) is 42.5 Å². The Morgan fingerprint density at radius 1 is 0.710 bits per heavy atom. The minimum Gasteiger partial charge on any atom is -0.0876 e. The van der Waals surface area contributed by atoms with Gasteiger partial charge in [0.05, 0.1) is 8.07 Å². The van der Waals surface area contributed by atoms with Crippen molar-refractivity contribution in [3.63, 3.8) is 0 Å². The van der Waals surface area contributed by atoms with Gasteiger partial charge in [-0.1, -0.05) is 170 Å². The van der Waals surface area contributed by atoms with Gasteiger partial charge in [0.15, 0.2) is 0 Å². The largest absolute Gasteiger partial charge is 0.0876 e. The van der Waals surface area contributed by atoms with Gasteiger partial charge in [0.1, 0.15) is 0 Å². The summed E-state index contributed by atoms with van der Waals surface area (Å²) in [4.78, 5) is 0. The van der Waals surface area contributed by atoms with Gasteiger partial charge in [-0.2, -0.15) is 0 Å². The molecular formula is C28H42Br2Si. The second-order valence-corrected chi connectivity index (χ2v) is 15.6. The van der Waals surface area contributed by atoms with Crippen molar-refractivity contribution < 1.29 is 0 Å². The van der Waals surface area contributed by atoms with Crippen LogP contribution in [-0.4, -0.2) is 8.07 Å². The quantitative estimate of drug-likeness (QED) is 0.114. The first-order valence-electron chi connectivity index (χ1n) is 12.4. The van der Waals surface area contributed by atoms with Gasteiger partial charge < -0.3 is 0 Å². The molecule has 0 bridgehead atoms. The highest BCUT2D eigenvalue weighted by Crippen LogP contribution is 2.30. The maximum atomic E-state index is 3.72. The molecule has 3 heteroatoms. The molecule has 0 aliphatic carbocycles. The molecule has 2 aromatic carbocycles. The molecule has 0 N–H and O–H groups in total. The zero-order valence-corrected chi connectivity index (χ0v) is 24.2. The lowest BCUT2D eigenvalue weighted by molar-refractivity contribution is 0.561. The summed E-state index contributed by atoms with van der Waals surface area (Å²) in [7, 11) is -1.40. The summed E-state index contributed by atoms with van der Waals surface area (Å²) in [6.45, 7) is 7.41. The minimum absolute atomic E-state index is 0.897. The van der Waals surface area contributed by atoms with Crippen LogP contribution in [0.25, 0.3) is 11.1 Å². The molecule has 2 aromatic rings. The van der Waals surface area contributed by atoms with Crippen LogP contribution in [0.2, 0.25) is 19.1 Å². The van der Waals surface area contributed by atoms with Crippen molar-refractivity contribution >= 4 is 45.1 Å². The SMILES string of the molecule is CCCCCCCCCCCC[Si](C)(C)c1cccc(-c2cccc(CBr)c2CBr)c1. The van der Waals surface area contributed by atoms with E-state index in [0.717, 1.165) is 10.7 Å². The second-order valence-electron chi connectivity index (χ2n) is 9.61. The molecule has 0 spiro atoms. The molecule has 0 aliphatic heterocycles. The van der Waals surface area contributed by atoms with Crippen LogP contribution in [0, 0.1) is 0 Å². The molecule has 172 valence electrons. The maximum Gasteiger partial charge on any atom is 0.0806 e. The van der Waals surface area contributed by atoms with E-state index in [9.17, 15) is 0 Å². The Kier molecular flexibility index (Phi) is 12.7. The maximum absolute atomic E-state index is 3.72. The van der Waals surface area contributed by atoms with Crippen LogP contribution in [-0.2, 0) is 10.7 Å². The molecule has 31 heavy (non-hydrogen) atoms. The molecule has 0 unspecified atom stereocenters. The van der Waals surface area contributed by atoms with E-state index in [-0.39, 0.29) is 0 Å². The minimum atomic E-state index is -1.40. The Balaban J connectivity index is 1.89. The molecular weight excluding hydrogens is 524 g/mol. The topological polar surface area (TPSA) is 0 Å². The van der Waals surface area contributed by atoms with Gasteiger partial charge in [-0.05, 0) is 22.3 Å². The van der Waals surface area contributed by atoms with E-state index in [2.05, 4.69) is 94.3 Å². The predicted molar refractivity (Wildman–Crippen MR) is 151 cm³/mol. The Morgan fingerprint density at radius 2 is 1.32 bits per heavy atom. The highest BCUT2D eigenvalue weighted by atomic mass is 79.9. The van der Waals surface area contributed by atoms with E-state index in [1.807, 2.05) is 0 Å². The number of halogens is 2. The molecule has 0 amide bonds. The standard InChI is InChI=1S/C28H42Br2Si/c1-4-5-6-7-8-9-10-11-12-13-20-31(2,3)26-18-14-16-24(21-26)27-19-15-17-25(22-29)28(27)23-30/h14-19,21H,4-13,20,22-23H2,1-3H3. The molecule has 0 atom stereocenters. The van der Waals surface area contributed by atoms with Crippen LogP contribution in [0.3, 0.4) is 0 Å². The lowest BCUT2D eigenvalue weighted by Gasteiger charge is -2.24. The van der Waals surface area contributed by atoms with Gasteiger partial charge >= 0.3 is 0 Å². The van der Waals surface area contributed by atoms with Crippen molar-refractivity contribution in [2.45, 2.75) is 101 Å². The van der Waals surface area contributed by atoms with Crippen LogP contribution in [0.1, 0.15) is 82.3 Å². The molecule has 0 heterocycles. The Bertz CT molecular complexity index is 769. The normalized spacial score (nSPS) is 11.8. The summed E-state index contributed by atoms with van der Waals surface area (Å²) in [5.74, 6) is 0. The lowest BCUT2D eigenvalue weighted by atomic mass is 9.97. The predicted octanol–water partition coefficient (Wildman–Crippen LogP) is 9.98. The first-order chi connectivity index (χ1) is 15.0. The zero-order chi connectivity index (χ0) is 22.5. The zero-order valence-electron chi connectivity index (χ0n) is 20.0. The first-order valence-corrected chi connectivity index (χ1v) is 17.8. The lowest BCUT2D eigenvalue weighted by Crippen LogP contribution is -2.41. The fourth-order valence-electron chi connectivity index (χ4n) is 4.49. The van der Waals surface area contributed by atoms with Gasteiger partial charge in [0, 0.05) is 10.7 Å². The van der Waals surface area contributed by atoms with Crippen molar-refractivity contribution in [1.82, 2.24) is 0 Å².